The lowest BCUT2D eigenvalue weighted by atomic mass is 9.47. The molecule has 26 heavy (non-hydrogen) atoms. The summed E-state index contributed by atoms with van der Waals surface area (Å²) in [6.07, 6.45) is 6.12. The summed E-state index contributed by atoms with van der Waals surface area (Å²) in [4.78, 5) is 12.3. The molecule has 0 aromatic heterocycles. The van der Waals surface area contributed by atoms with Crippen LogP contribution in [0.2, 0.25) is 0 Å². The zero-order valence-corrected chi connectivity index (χ0v) is 16.5. The highest BCUT2D eigenvalue weighted by atomic mass is 16.7. The molecule has 1 aliphatic heterocycles. The first kappa shape index (κ1) is 17.2. The highest BCUT2D eigenvalue weighted by molar-refractivity contribution is 5.83. The second-order valence-electron chi connectivity index (χ2n) is 10.4. The maximum Gasteiger partial charge on any atom is 0.205 e. The highest BCUT2D eigenvalue weighted by Gasteiger charge is 2.65. The molecule has 3 unspecified atom stereocenters. The largest absolute Gasteiger partial charge is 0.465 e. The van der Waals surface area contributed by atoms with Gasteiger partial charge in [0, 0.05) is 26.7 Å². The van der Waals surface area contributed by atoms with Crippen LogP contribution in [-0.4, -0.2) is 28.9 Å². The molecule has 5 rings (SSSR count). The van der Waals surface area contributed by atoms with E-state index in [1.807, 2.05) is 13.8 Å². The fourth-order valence-electron chi connectivity index (χ4n) is 7.34. The number of carbonyl (C=O) groups excluding carboxylic acids is 1. The molecule has 4 nitrogen and oxygen atoms in total. The van der Waals surface area contributed by atoms with Gasteiger partial charge in [-0.25, -0.2) is 0 Å². The Kier molecular flexibility index (Phi) is 3.41. The van der Waals surface area contributed by atoms with E-state index in [1.54, 1.807) is 0 Å². The van der Waals surface area contributed by atoms with Crippen LogP contribution in [0.5, 0.6) is 0 Å². The molecule has 4 aliphatic carbocycles. The highest BCUT2D eigenvalue weighted by Crippen LogP contribution is 2.67. The Labute approximate surface area is 156 Å². The number of rotatable bonds is 0. The number of Topliss-reactive ketones (excluding diaryl/α,β-unsaturated/α-hetero) is 1. The van der Waals surface area contributed by atoms with Crippen LogP contribution in [0.3, 0.4) is 0 Å². The van der Waals surface area contributed by atoms with Crippen molar-refractivity contribution in [3.05, 3.63) is 11.3 Å². The van der Waals surface area contributed by atoms with Gasteiger partial charge < -0.3 is 14.6 Å². The van der Waals surface area contributed by atoms with Gasteiger partial charge in [-0.05, 0) is 66.3 Å². The van der Waals surface area contributed by atoms with Crippen molar-refractivity contribution in [2.75, 3.05) is 0 Å². The lowest BCUT2D eigenvalue weighted by Crippen LogP contribution is -2.56. The number of ether oxygens (including phenoxy) is 2. The third-order valence-electron chi connectivity index (χ3n) is 8.76. The maximum atomic E-state index is 12.3. The number of ketones is 1. The summed E-state index contributed by atoms with van der Waals surface area (Å²) in [6, 6.07) is 0. The van der Waals surface area contributed by atoms with Crippen molar-refractivity contribution < 1.29 is 19.4 Å². The predicted octanol–water partition coefficient (Wildman–Crippen LogP) is 3.97. The number of aliphatic hydroxyl groups excluding tert-OH is 1. The van der Waals surface area contributed by atoms with Crippen LogP contribution in [0.4, 0.5) is 0 Å². The van der Waals surface area contributed by atoms with Crippen LogP contribution < -0.4 is 0 Å². The van der Waals surface area contributed by atoms with E-state index in [4.69, 9.17) is 9.47 Å². The molecule has 0 bridgehead atoms. The van der Waals surface area contributed by atoms with E-state index in [9.17, 15) is 9.90 Å². The van der Waals surface area contributed by atoms with Crippen LogP contribution in [-0.2, 0) is 14.3 Å². The van der Waals surface area contributed by atoms with Crippen LogP contribution in [0, 0.1) is 28.6 Å². The lowest BCUT2D eigenvalue weighted by molar-refractivity contribution is -0.165. The van der Waals surface area contributed by atoms with Gasteiger partial charge in [0.2, 0.25) is 5.79 Å². The van der Waals surface area contributed by atoms with Crippen molar-refractivity contribution >= 4 is 5.78 Å². The zero-order valence-electron chi connectivity index (χ0n) is 16.5. The fourth-order valence-corrected chi connectivity index (χ4v) is 7.34. The molecule has 0 amide bonds. The van der Waals surface area contributed by atoms with E-state index >= 15 is 0 Å². The summed E-state index contributed by atoms with van der Waals surface area (Å²) >= 11 is 0. The molecule has 3 saturated carbocycles. The molecule has 4 heteroatoms. The summed E-state index contributed by atoms with van der Waals surface area (Å²) in [5, 5.41) is 10.7. The molecular weight excluding hydrogens is 328 g/mol. The van der Waals surface area contributed by atoms with E-state index in [0.717, 1.165) is 37.9 Å². The quantitative estimate of drug-likeness (QED) is 0.710. The standard InChI is InChI=1S/C22H32O4/c1-20(2)25-18-15-11-12(23)7-9-21(15,3)14-8-10-22(4)13(5-6-16(22)24)17(14)19(18)26-20/h13-14,16-17,19,24H,5-11H2,1-4H3/t13?,14?,16-,17?,19+,21+,22-/m0/s1. The average Bonchev–Trinajstić information content (AvgIpc) is 3.05. The molecule has 5 aliphatic rings. The number of fused-ring (bicyclic) bond motifs is 7. The van der Waals surface area contributed by atoms with Gasteiger partial charge in [0.05, 0.1) is 6.10 Å². The van der Waals surface area contributed by atoms with Crippen molar-refractivity contribution in [2.45, 2.75) is 90.6 Å². The first-order valence-electron chi connectivity index (χ1n) is 10.5. The van der Waals surface area contributed by atoms with Crippen molar-refractivity contribution in [3.63, 3.8) is 0 Å². The first-order chi connectivity index (χ1) is 12.2. The van der Waals surface area contributed by atoms with Gasteiger partial charge in [0.25, 0.3) is 0 Å². The Balaban J connectivity index is 1.66. The topological polar surface area (TPSA) is 55.8 Å². The Morgan fingerprint density at radius 3 is 2.58 bits per heavy atom. The summed E-state index contributed by atoms with van der Waals surface area (Å²) < 4.78 is 12.8. The van der Waals surface area contributed by atoms with Gasteiger partial charge in [0.1, 0.15) is 17.6 Å². The van der Waals surface area contributed by atoms with Gasteiger partial charge >= 0.3 is 0 Å². The van der Waals surface area contributed by atoms with Crippen molar-refractivity contribution in [1.82, 2.24) is 0 Å². The van der Waals surface area contributed by atoms with Crippen LogP contribution in [0.1, 0.15) is 72.6 Å². The predicted molar refractivity (Wildman–Crippen MR) is 97.1 cm³/mol. The third kappa shape index (κ3) is 2.06. The number of aliphatic hydroxyl groups is 1. The molecule has 7 atom stereocenters. The van der Waals surface area contributed by atoms with E-state index in [1.165, 1.54) is 5.57 Å². The molecular formula is C22H32O4. The minimum Gasteiger partial charge on any atom is -0.465 e. The van der Waals surface area contributed by atoms with Gasteiger partial charge in [0.15, 0.2) is 0 Å². The molecule has 144 valence electrons. The Morgan fingerprint density at radius 1 is 1.04 bits per heavy atom. The molecule has 0 radical (unpaired) electrons. The Hall–Kier alpha value is -0.870. The van der Waals surface area contributed by atoms with Crippen LogP contribution in [0.15, 0.2) is 11.3 Å². The number of hydrogen-bond acceptors (Lipinski definition) is 4. The van der Waals surface area contributed by atoms with Gasteiger partial charge in [-0.3, -0.25) is 4.79 Å². The van der Waals surface area contributed by atoms with Crippen LogP contribution >= 0.6 is 0 Å². The summed E-state index contributed by atoms with van der Waals surface area (Å²) in [7, 11) is 0. The average molecular weight is 360 g/mol. The first-order valence-corrected chi connectivity index (χ1v) is 10.5. The molecule has 1 saturated heterocycles. The number of allylic oxidation sites excluding steroid dienone is 1. The number of hydrogen-bond donors (Lipinski definition) is 1. The minimum absolute atomic E-state index is 0.000713. The monoisotopic (exact) mass is 360 g/mol. The second kappa shape index (κ2) is 5.14. The molecule has 0 aromatic carbocycles. The number of carbonyl (C=O) groups is 1. The van der Waals surface area contributed by atoms with Gasteiger partial charge in [-0.1, -0.05) is 13.8 Å². The SMILES string of the molecule is CC1(C)OC2=C3CC(=O)CC[C@]3(C)C3CC[C@@]4(C)C(CC[C@@H]4O)C3[C@H]2O1. The maximum absolute atomic E-state index is 12.3. The van der Waals surface area contributed by atoms with E-state index in [2.05, 4.69) is 13.8 Å². The molecule has 1 heterocycles. The van der Waals surface area contributed by atoms with Gasteiger partial charge in [-0.2, -0.15) is 0 Å². The van der Waals surface area contributed by atoms with E-state index in [0.29, 0.717) is 36.4 Å². The van der Waals surface area contributed by atoms with Gasteiger partial charge in [-0.15, -0.1) is 0 Å². The Bertz CT molecular complexity index is 694. The van der Waals surface area contributed by atoms with Crippen LogP contribution in [0.25, 0.3) is 0 Å². The smallest absolute Gasteiger partial charge is 0.205 e. The van der Waals surface area contributed by atoms with E-state index in [-0.39, 0.29) is 23.0 Å². The second-order valence-corrected chi connectivity index (χ2v) is 10.4. The summed E-state index contributed by atoms with van der Waals surface area (Å²) in [5.41, 5.74) is 1.27. The molecule has 4 fully saturated rings. The van der Waals surface area contributed by atoms with E-state index < -0.39 is 5.79 Å². The van der Waals surface area contributed by atoms with Crippen molar-refractivity contribution in [2.24, 2.45) is 28.6 Å². The third-order valence-corrected chi connectivity index (χ3v) is 8.76. The van der Waals surface area contributed by atoms with Crippen molar-refractivity contribution in [1.29, 1.82) is 0 Å². The summed E-state index contributed by atoms with van der Waals surface area (Å²) in [6.45, 7) is 8.64. The minimum atomic E-state index is -0.631. The normalized spacial score (nSPS) is 52.0. The molecule has 0 aromatic rings. The van der Waals surface area contributed by atoms with Crippen molar-refractivity contribution in [3.8, 4) is 0 Å². The lowest BCUT2D eigenvalue weighted by Gasteiger charge is -2.58. The summed E-state index contributed by atoms with van der Waals surface area (Å²) in [5.74, 6) is 2.08. The zero-order chi connectivity index (χ0) is 18.5. The molecule has 0 spiro atoms. The fraction of sp³-hybridized carbons (Fsp3) is 0.864. The Morgan fingerprint density at radius 2 is 1.81 bits per heavy atom. The molecule has 1 N–H and O–H groups in total.